The second kappa shape index (κ2) is 9.21. The zero-order valence-electron chi connectivity index (χ0n) is 15.5. The Balaban J connectivity index is 1.86. The molecular formula is C18H20N4O6. The lowest BCUT2D eigenvalue weighted by molar-refractivity contribution is -0.384. The number of nitro benzene ring substituents is 1. The lowest BCUT2D eigenvalue weighted by Crippen LogP contribution is -2.48. The van der Waals surface area contributed by atoms with Gasteiger partial charge in [-0.15, -0.1) is 0 Å². The maximum Gasteiger partial charge on any atom is 0.338 e. The first-order valence-corrected chi connectivity index (χ1v) is 8.22. The normalized spacial score (nSPS) is 11.1. The second-order valence-corrected chi connectivity index (χ2v) is 5.78. The number of nitrogens with one attached hydrogen (secondary N) is 3. The van der Waals surface area contributed by atoms with Gasteiger partial charge in [0, 0.05) is 12.1 Å². The van der Waals surface area contributed by atoms with Crippen molar-refractivity contribution in [3.05, 3.63) is 58.1 Å². The molecule has 0 aromatic heterocycles. The molecule has 3 N–H and O–H groups in total. The van der Waals surface area contributed by atoms with Gasteiger partial charge in [-0.3, -0.25) is 20.3 Å². The van der Waals surface area contributed by atoms with Crippen molar-refractivity contribution in [2.24, 2.45) is 0 Å². The van der Waals surface area contributed by atoms with E-state index in [9.17, 15) is 19.7 Å². The number of urea groups is 1. The summed E-state index contributed by atoms with van der Waals surface area (Å²) in [6, 6.07) is 9.89. The van der Waals surface area contributed by atoms with Crippen LogP contribution in [0.2, 0.25) is 0 Å². The van der Waals surface area contributed by atoms with Crippen molar-refractivity contribution < 1.29 is 24.0 Å². The Morgan fingerprint density at radius 3 is 2.39 bits per heavy atom. The Kier molecular flexibility index (Phi) is 6.74. The molecule has 0 saturated heterocycles. The smallest absolute Gasteiger partial charge is 0.338 e. The summed E-state index contributed by atoms with van der Waals surface area (Å²) in [4.78, 5) is 34.1. The molecule has 0 unspecified atom stereocenters. The van der Waals surface area contributed by atoms with Gasteiger partial charge in [0.25, 0.3) is 11.6 Å². The van der Waals surface area contributed by atoms with Crippen LogP contribution in [0.3, 0.4) is 0 Å². The van der Waals surface area contributed by atoms with Crippen molar-refractivity contribution in [3.8, 4) is 11.5 Å². The number of benzene rings is 2. The number of anilines is 1. The van der Waals surface area contributed by atoms with Crippen LogP contribution in [0.4, 0.5) is 16.2 Å². The summed E-state index contributed by atoms with van der Waals surface area (Å²) < 4.78 is 10.5. The first-order valence-electron chi connectivity index (χ1n) is 8.22. The lowest BCUT2D eigenvalue weighted by atomic mass is 10.2. The van der Waals surface area contributed by atoms with E-state index in [2.05, 4.69) is 16.2 Å². The fraction of sp³-hybridized carbons (Fsp3) is 0.222. The minimum Gasteiger partial charge on any atom is -0.495 e. The molecule has 1 atom stereocenters. The minimum absolute atomic E-state index is 0.0885. The van der Waals surface area contributed by atoms with Gasteiger partial charge in [-0.1, -0.05) is 6.07 Å². The van der Waals surface area contributed by atoms with Gasteiger partial charge in [0.15, 0.2) is 6.10 Å². The molecule has 10 nitrogen and oxygen atoms in total. The summed E-state index contributed by atoms with van der Waals surface area (Å²) >= 11 is 0. The fourth-order valence-electron chi connectivity index (χ4n) is 2.20. The van der Waals surface area contributed by atoms with Crippen molar-refractivity contribution >= 4 is 23.3 Å². The summed E-state index contributed by atoms with van der Waals surface area (Å²) in [5, 5.41) is 13.2. The van der Waals surface area contributed by atoms with Gasteiger partial charge < -0.3 is 14.8 Å². The molecule has 0 radical (unpaired) electrons. The van der Waals surface area contributed by atoms with Gasteiger partial charge in [0.05, 0.1) is 17.7 Å². The third-order valence-corrected chi connectivity index (χ3v) is 3.63. The van der Waals surface area contributed by atoms with Crippen LogP contribution in [-0.2, 0) is 4.79 Å². The van der Waals surface area contributed by atoms with Crippen LogP contribution in [0.25, 0.3) is 0 Å². The van der Waals surface area contributed by atoms with Crippen LogP contribution >= 0.6 is 0 Å². The van der Waals surface area contributed by atoms with Crippen molar-refractivity contribution in [3.63, 3.8) is 0 Å². The number of aryl methyl sites for hydroxylation is 1. The molecular weight excluding hydrogens is 368 g/mol. The molecule has 148 valence electrons. The van der Waals surface area contributed by atoms with Crippen LogP contribution < -0.4 is 25.6 Å². The molecule has 2 rings (SSSR count). The molecule has 3 amide bonds. The maximum absolute atomic E-state index is 12.0. The number of hydrogen-bond acceptors (Lipinski definition) is 6. The van der Waals surface area contributed by atoms with Gasteiger partial charge in [0.2, 0.25) is 0 Å². The number of nitrogens with zero attached hydrogens (tertiary/aromatic N) is 1. The van der Waals surface area contributed by atoms with Gasteiger partial charge in [-0.25, -0.2) is 10.2 Å². The molecule has 0 spiro atoms. The molecule has 10 heteroatoms. The minimum atomic E-state index is -0.949. The SMILES string of the molecule is COc1ccc(C)cc1NC(=O)NNC(=O)[C@H](C)Oc1ccc([N+](=O)[O-])cc1. The zero-order chi connectivity index (χ0) is 20.7. The van der Waals surface area contributed by atoms with E-state index in [0.29, 0.717) is 11.4 Å². The Labute approximate surface area is 161 Å². The highest BCUT2D eigenvalue weighted by Crippen LogP contribution is 2.24. The number of carbonyl (C=O) groups excluding carboxylic acids is 2. The molecule has 0 aliphatic heterocycles. The number of methoxy groups -OCH3 is 1. The van der Waals surface area contributed by atoms with E-state index >= 15 is 0 Å². The maximum atomic E-state index is 12.0. The van der Waals surface area contributed by atoms with Gasteiger partial charge in [-0.05, 0) is 43.7 Å². The largest absolute Gasteiger partial charge is 0.495 e. The van der Waals surface area contributed by atoms with E-state index in [-0.39, 0.29) is 11.4 Å². The molecule has 2 aromatic rings. The number of hydrazine groups is 1. The van der Waals surface area contributed by atoms with E-state index in [1.54, 1.807) is 12.1 Å². The van der Waals surface area contributed by atoms with Crippen molar-refractivity contribution in [1.82, 2.24) is 10.9 Å². The Morgan fingerprint density at radius 1 is 1.11 bits per heavy atom. The predicted molar refractivity (Wildman–Crippen MR) is 101 cm³/mol. The third kappa shape index (κ3) is 5.59. The number of non-ortho nitro benzene ring substituents is 1. The quantitative estimate of drug-likeness (QED) is 0.515. The Hall–Kier alpha value is -3.82. The summed E-state index contributed by atoms with van der Waals surface area (Å²) in [6.07, 6.45) is -0.949. The number of hydrogen-bond donors (Lipinski definition) is 3. The molecule has 28 heavy (non-hydrogen) atoms. The molecule has 2 aromatic carbocycles. The van der Waals surface area contributed by atoms with Crippen molar-refractivity contribution in [2.45, 2.75) is 20.0 Å². The first kappa shape index (κ1) is 20.5. The van der Waals surface area contributed by atoms with Gasteiger partial charge in [-0.2, -0.15) is 0 Å². The summed E-state index contributed by atoms with van der Waals surface area (Å²) in [5.74, 6) is 0.147. The Bertz CT molecular complexity index is 869. The lowest BCUT2D eigenvalue weighted by Gasteiger charge is -2.16. The molecule has 0 aliphatic rings. The highest BCUT2D eigenvalue weighted by Gasteiger charge is 2.16. The van der Waals surface area contributed by atoms with E-state index in [0.717, 1.165) is 5.56 Å². The topological polar surface area (TPSA) is 132 Å². The summed E-state index contributed by atoms with van der Waals surface area (Å²) in [7, 11) is 1.48. The number of nitro groups is 1. The van der Waals surface area contributed by atoms with Crippen LogP contribution in [0.5, 0.6) is 11.5 Å². The third-order valence-electron chi connectivity index (χ3n) is 3.63. The van der Waals surface area contributed by atoms with E-state index in [4.69, 9.17) is 9.47 Å². The first-order chi connectivity index (χ1) is 13.3. The highest BCUT2D eigenvalue weighted by molar-refractivity contribution is 5.93. The summed E-state index contributed by atoms with van der Waals surface area (Å²) in [6.45, 7) is 3.33. The molecule has 0 fully saturated rings. The average Bonchev–Trinajstić information content (AvgIpc) is 2.66. The summed E-state index contributed by atoms with van der Waals surface area (Å²) in [5.41, 5.74) is 5.73. The van der Waals surface area contributed by atoms with Crippen LogP contribution in [0, 0.1) is 17.0 Å². The number of rotatable bonds is 6. The van der Waals surface area contributed by atoms with Crippen LogP contribution in [0.1, 0.15) is 12.5 Å². The zero-order valence-corrected chi connectivity index (χ0v) is 15.5. The monoisotopic (exact) mass is 388 g/mol. The van der Waals surface area contributed by atoms with E-state index < -0.39 is 23.0 Å². The van der Waals surface area contributed by atoms with Crippen LogP contribution in [0.15, 0.2) is 42.5 Å². The van der Waals surface area contributed by atoms with Crippen LogP contribution in [-0.4, -0.2) is 30.1 Å². The van der Waals surface area contributed by atoms with Crippen molar-refractivity contribution in [1.29, 1.82) is 0 Å². The standard InChI is InChI=1S/C18H20N4O6/c1-11-4-9-16(27-3)15(10-11)19-18(24)21-20-17(23)12(2)28-14-7-5-13(6-8-14)22(25)26/h4-10,12H,1-3H3,(H,20,23)(H2,19,21,24)/t12-/m0/s1. The van der Waals surface area contributed by atoms with E-state index in [1.165, 1.54) is 38.3 Å². The number of amides is 3. The molecule has 0 aliphatic carbocycles. The van der Waals surface area contributed by atoms with Gasteiger partial charge >= 0.3 is 6.03 Å². The molecule has 0 bridgehead atoms. The molecule has 0 saturated carbocycles. The van der Waals surface area contributed by atoms with Gasteiger partial charge in [0.1, 0.15) is 11.5 Å². The highest BCUT2D eigenvalue weighted by atomic mass is 16.6. The molecule has 0 heterocycles. The van der Waals surface area contributed by atoms with E-state index in [1.807, 2.05) is 13.0 Å². The number of ether oxygens (including phenoxy) is 2. The van der Waals surface area contributed by atoms with Crippen molar-refractivity contribution in [2.75, 3.05) is 12.4 Å². The second-order valence-electron chi connectivity index (χ2n) is 5.78. The average molecular weight is 388 g/mol. The predicted octanol–water partition coefficient (Wildman–Crippen LogP) is 2.53. The Morgan fingerprint density at radius 2 is 1.79 bits per heavy atom. The number of carbonyl (C=O) groups is 2. The fourth-order valence-corrected chi connectivity index (χ4v) is 2.20.